The summed E-state index contributed by atoms with van der Waals surface area (Å²) in [5.41, 5.74) is 1.64. The van der Waals surface area contributed by atoms with Crippen LogP contribution in [-0.4, -0.2) is 15.8 Å². The summed E-state index contributed by atoms with van der Waals surface area (Å²) >= 11 is 13.4. The lowest BCUT2D eigenvalue weighted by atomic mass is 10.1. The zero-order valence-electron chi connectivity index (χ0n) is 15.0. The number of hydrogen-bond donors (Lipinski definition) is 1. The highest BCUT2D eigenvalue weighted by Crippen LogP contribution is 2.34. The number of thiazole rings is 1. The number of nitro benzene ring substituents is 1. The number of furan rings is 1. The number of carbonyl (C=O) groups is 1. The van der Waals surface area contributed by atoms with Crippen molar-refractivity contribution < 1.29 is 14.1 Å². The molecule has 30 heavy (non-hydrogen) atoms. The van der Waals surface area contributed by atoms with Gasteiger partial charge in [-0.1, -0.05) is 41.4 Å². The van der Waals surface area contributed by atoms with Crippen LogP contribution in [-0.2, 0) is 0 Å². The molecular weight excluding hydrogens is 449 g/mol. The van der Waals surface area contributed by atoms with E-state index in [1.165, 1.54) is 29.5 Å². The number of non-ortho nitro benzene ring substituents is 1. The maximum Gasteiger partial charge on any atom is 0.293 e. The molecule has 0 saturated carbocycles. The molecule has 1 N–H and O–H groups in total. The Hall–Kier alpha value is -3.20. The van der Waals surface area contributed by atoms with E-state index in [1.807, 2.05) is 0 Å². The first kappa shape index (κ1) is 20.1. The van der Waals surface area contributed by atoms with Crippen LogP contribution < -0.4 is 5.32 Å². The average Bonchev–Trinajstić information content (AvgIpc) is 3.40. The molecule has 7 nitrogen and oxygen atoms in total. The van der Waals surface area contributed by atoms with Gasteiger partial charge in [-0.15, -0.1) is 11.3 Å². The molecule has 0 aliphatic rings. The van der Waals surface area contributed by atoms with Crippen molar-refractivity contribution in [3.63, 3.8) is 0 Å². The Morgan fingerprint density at radius 3 is 2.73 bits per heavy atom. The highest BCUT2D eigenvalue weighted by Gasteiger charge is 2.17. The van der Waals surface area contributed by atoms with Crippen molar-refractivity contribution in [3.05, 3.63) is 85.9 Å². The number of hydrogen-bond acceptors (Lipinski definition) is 6. The van der Waals surface area contributed by atoms with Crippen molar-refractivity contribution in [1.82, 2.24) is 4.98 Å². The number of nitrogens with one attached hydrogen (secondary N) is 1. The van der Waals surface area contributed by atoms with E-state index in [0.29, 0.717) is 37.8 Å². The molecule has 0 radical (unpaired) electrons. The lowest BCUT2D eigenvalue weighted by Crippen LogP contribution is -2.10. The lowest BCUT2D eigenvalue weighted by molar-refractivity contribution is -0.384. The van der Waals surface area contributed by atoms with Crippen molar-refractivity contribution in [2.24, 2.45) is 0 Å². The van der Waals surface area contributed by atoms with E-state index in [9.17, 15) is 14.9 Å². The van der Waals surface area contributed by atoms with E-state index < -0.39 is 10.8 Å². The fourth-order valence-corrected chi connectivity index (χ4v) is 3.81. The van der Waals surface area contributed by atoms with Gasteiger partial charge in [0.1, 0.15) is 5.76 Å². The van der Waals surface area contributed by atoms with Gasteiger partial charge in [-0.25, -0.2) is 4.98 Å². The minimum atomic E-state index is -0.487. The van der Waals surface area contributed by atoms with Crippen LogP contribution in [0.15, 0.2) is 64.4 Å². The molecule has 0 fully saturated rings. The van der Waals surface area contributed by atoms with E-state index in [1.54, 1.807) is 41.8 Å². The number of amides is 1. The predicted octanol–water partition coefficient (Wildman–Crippen LogP) is 6.54. The third-order valence-corrected chi connectivity index (χ3v) is 5.70. The minimum absolute atomic E-state index is 0.0334. The van der Waals surface area contributed by atoms with Crippen molar-refractivity contribution in [2.45, 2.75) is 0 Å². The van der Waals surface area contributed by atoms with Crippen LogP contribution in [0.5, 0.6) is 0 Å². The van der Waals surface area contributed by atoms with Gasteiger partial charge in [0.15, 0.2) is 10.9 Å². The summed E-state index contributed by atoms with van der Waals surface area (Å²) in [4.78, 5) is 27.3. The van der Waals surface area contributed by atoms with Crippen molar-refractivity contribution in [3.8, 4) is 22.6 Å². The van der Waals surface area contributed by atoms with E-state index in [-0.39, 0.29) is 11.4 Å². The summed E-state index contributed by atoms with van der Waals surface area (Å²) in [6, 6.07) is 14.4. The third-order valence-electron chi connectivity index (χ3n) is 4.12. The summed E-state index contributed by atoms with van der Waals surface area (Å²) in [7, 11) is 0. The largest absolute Gasteiger partial charge is 0.451 e. The summed E-state index contributed by atoms with van der Waals surface area (Å²) in [5.74, 6) is -0.00319. The average molecular weight is 460 g/mol. The van der Waals surface area contributed by atoms with Crippen LogP contribution in [0.25, 0.3) is 22.6 Å². The molecule has 0 saturated heterocycles. The van der Waals surface area contributed by atoms with Gasteiger partial charge in [-0.05, 0) is 24.3 Å². The lowest BCUT2D eigenvalue weighted by Gasteiger charge is -2.02. The molecule has 10 heteroatoms. The summed E-state index contributed by atoms with van der Waals surface area (Å²) in [5, 5.41) is 16.4. The van der Waals surface area contributed by atoms with Crippen molar-refractivity contribution in [2.75, 3.05) is 5.32 Å². The summed E-state index contributed by atoms with van der Waals surface area (Å²) < 4.78 is 5.62. The van der Waals surface area contributed by atoms with Gasteiger partial charge in [-0.3, -0.25) is 20.2 Å². The van der Waals surface area contributed by atoms with Gasteiger partial charge in [0.25, 0.3) is 11.6 Å². The Morgan fingerprint density at radius 1 is 1.13 bits per heavy atom. The molecule has 2 heterocycles. The SMILES string of the molecule is O=C(Nc1nc(-c2cccc([N+](=O)[O-])c2)cs1)c1ccc(-c2cccc(Cl)c2Cl)o1. The minimum Gasteiger partial charge on any atom is -0.451 e. The molecule has 0 aliphatic carbocycles. The number of nitro groups is 1. The number of carbonyl (C=O) groups excluding carboxylic acids is 1. The third kappa shape index (κ3) is 4.06. The van der Waals surface area contributed by atoms with Crippen molar-refractivity contribution in [1.29, 1.82) is 0 Å². The fraction of sp³-hybridized carbons (Fsp3) is 0. The summed E-state index contributed by atoms with van der Waals surface area (Å²) in [6.07, 6.45) is 0. The molecule has 0 bridgehead atoms. The van der Waals surface area contributed by atoms with Crippen LogP contribution in [0.1, 0.15) is 10.6 Å². The first-order valence-electron chi connectivity index (χ1n) is 8.48. The van der Waals surface area contributed by atoms with Gasteiger partial charge < -0.3 is 4.42 Å². The van der Waals surface area contributed by atoms with Gasteiger partial charge in [0, 0.05) is 28.6 Å². The smallest absolute Gasteiger partial charge is 0.293 e. The van der Waals surface area contributed by atoms with Crippen molar-refractivity contribution >= 4 is 51.3 Å². The standard InChI is InChI=1S/C20H11Cl2N3O4S/c21-14-6-2-5-13(18(14)22)16-7-8-17(29-16)19(26)24-20-23-15(10-30-20)11-3-1-4-12(9-11)25(27)28/h1-10H,(H,23,24,26). The molecule has 0 unspecified atom stereocenters. The number of halogens is 2. The molecule has 0 spiro atoms. The monoisotopic (exact) mass is 459 g/mol. The quantitative estimate of drug-likeness (QED) is 0.269. The Labute approximate surface area is 184 Å². The zero-order valence-corrected chi connectivity index (χ0v) is 17.3. The molecule has 150 valence electrons. The topological polar surface area (TPSA) is 98.3 Å². The second kappa shape index (κ2) is 8.27. The Kier molecular flexibility index (Phi) is 5.54. The number of aromatic nitrogens is 1. The molecule has 4 aromatic rings. The number of nitrogens with zero attached hydrogens (tertiary/aromatic N) is 2. The number of rotatable bonds is 5. The second-order valence-corrected chi connectivity index (χ2v) is 7.71. The second-order valence-electron chi connectivity index (χ2n) is 6.06. The van der Waals surface area contributed by atoms with Gasteiger partial charge >= 0.3 is 0 Å². The molecule has 1 amide bonds. The van der Waals surface area contributed by atoms with E-state index in [0.717, 1.165) is 0 Å². The maximum absolute atomic E-state index is 12.5. The van der Waals surface area contributed by atoms with E-state index >= 15 is 0 Å². The summed E-state index contributed by atoms with van der Waals surface area (Å²) in [6.45, 7) is 0. The normalized spacial score (nSPS) is 10.7. The van der Waals surface area contributed by atoms with E-state index in [4.69, 9.17) is 27.6 Å². The molecule has 2 aromatic carbocycles. The van der Waals surface area contributed by atoms with Crippen LogP contribution in [0.4, 0.5) is 10.8 Å². The first-order valence-corrected chi connectivity index (χ1v) is 10.1. The molecular formula is C20H11Cl2N3O4S. The highest BCUT2D eigenvalue weighted by molar-refractivity contribution is 7.14. The Bertz CT molecular complexity index is 1270. The zero-order chi connectivity index (χ0) is 21.3. The number of benzene rings is 2. The van der Waals surface area contributed by atoms with Crippen LogP contribution in [0.3, 0.4) is 0 Å². The predicted molar refractivity (Wildman–Crippen MR) is 116 cm³/mol. The molecule has 4 rings (SSSR count). The Morgan fingerprint density at radius 2 is 1.93 bits per heavy atom. The first-order chi connectivity index (χ1) is 14.4. The highest BCUT2D eigenvalue weighted by atomic mass is 35.5. The maximum atomic E-state index is 12.5. The van der Waals surface area contributed by atoms with E-state index in [2.05, 4.69) is 10.3 Å². The van der Waals surface area contributed by atoms with Crippen LogP contribution in [0, 0.1) is 10.1 Å². The fourth-order valence-electron chi connectivity index (χ4n) is 2.70. The Balaban J connectivity index is 1.52. The molecule has 2 aromatic heterocycles. The number of anilines is 1. The van der Waals surface area contributed by atoms with Gasteiger partial charge in [0.05, 0.1) is 20.7 Å². The van der Waals surface area contributed by atoms with Crippen LogP contribution >= 0.6 is 34.5 Å². The van der Waals surface area contributed by atoms with Gasteiger partial charge in [0.2, 0.25) is 0 Å². The molecule has 0 aliphatic heterocycles. The van der Waals surface area contributed by atoms with Crippen LogP contribution in [0.2, 0.25) is 10.0 Å². The molecule has 0 atom stereocenters. The van der Waals surface area contributed by atoms with Gasteiger partial charge in [-0.2, -0.15) is 0 Å².